The zero-order valence-electron chi connectivity index (χ0n) is 20.6. The summed E-state index contributed by atoms with van der Waals surface area (Å²) in [5.41, 5.74) is 10.6. The van der Waals surface area contributed by atoms with Crippen LogP contribution in [0.5, 0.6) is 0 Å². The number of pyridine rings is 1. The molecule has 5 rings (SSSR count). The van der Waals surface area contributed by atoms with Crippen molar-refractivity contribution >= 4 is 11.6 Å². The number of fused-ring (bicyclic) bond motifs is 1. The molecule has 6 nitrogen and oxygen atoms in total. The van der Waals surface area contributed by atoms with Gasteiger partial charge in [-0.05, 0) is 68.5 Å². The van der Waals surface area contributed by atoms with E-state index in [9.17, 15) is 9.59 Å². The minimum atomic E-state index is -0.276. The smallest absolute Gasteiger partial charge is 0.261 e. The predicted molar refractivity (Wildman–Crippen MR) is 142 cm³/mol. The van der Waals surface area contributed by atoms with Gasteiger partial charge in [0.05, 0.1) is 11.7 Å². The number of aromatic nitrogens is 2. The number of hydrogen-bond acceptors (Lipinski definition) is 4. The number of benzene rings is 2. The van der Waals surface area contributed by atoms with Gasteiger partial charge in [0.25, 0.3) is 11.5 Å². The highest BCUT2D eigenvalue weighted by molar-refractivity contribution is 5.94. The molecule has 1 amide bonds. The first-order valence-corrected chi connectivity index (χ1v) is 12.7. The SMILES string of the molecule is Cc1ccc(C(=O)N(CCCN)C(c2nc3ccccn3c(=O)c2Cc2ccccc2)C2CC2)cc1. The molecule has 2 aromatic heterocycles. The van der Waals surface area contributed by atoms with E-state index in [1.54, 1.807) is 10.6 Å². The summed E-state index contributed by atoms with van der Waals surface area (Å²) in [6.07, 6.45) is 4.92. The van der Waals surface area contributed by atoms with E-state index in [1.165, 1.54) is 0 Å². The summed E-state index contributed by atoms with van der Waals surface area (Å²) >= 11 is 0. The van der Waals surface area contributed by atoms with E-state index in [2.05, 4.69) is 0 Å². The van der Waals surface area contributed by atoms with E-state index in [-0.39, 0.29) is 23.4 Å². The third-order valence-electron chi connectivity index (χ3n) is 6.93. The Morgan fingerprint density at radius 2 is 1.78 bits per heavy atom. The second kappa shape index (κ2) is 10.5. The number of hydrogen-bond donors (Lipinski definition) is 1. The van der Waals surface area contributed by atoms with E-state index in [0.29, 0.717) is 42.7 Å². The van der Waals surface area contributed by atoms with Crippen molar-refractivity contribution in [3.05, 3.63) is 117 Å². The van der Waals surface area contributed by atoms with Gasteiger partial charge in [0.1, 0.15) is 5.65 Å². The third kappa shape index (κ3) is 4.95. The Kier molecular flexibility index (Phi) is 6.96. The van der Waals surface area contributed by atoms with Crippen LogP contribution in [0.25, 0.3) is 5.65 Å². The molecule has 2 N–H and O–H groups in total. The lowest BCUT2D eigenvalue weighted by Crippen LogP contribution is -2.40. The lowest BCUT2D eigenvalue weighted by molar-refractivity contribution is 0.0644. The van der Waals surface area contributed by atoms with E-state index in [0.717, 1.165) is 29.7 Å². The summed E-state index contributed by atoms with van der Waals surface area (Å²) in [7, 11) is 0. The fourth-order valence-electron chi connectivity index (χ4n) is 4.88. The van der Waals surface area contributed by atoms with Crippen molar-refractivity contribution in [1.82, 2.24) is 14.3 Å². The van der Waals surface area contributed by atoms with Crippen LogP contribution in [-0.4, -0.2) is 33.3 Å². The van der Waals surface area contributed by atoms with Gasteiger partial charge in [-0.1, -0.05) is 54.1 Å². The average molecular weight is 481 g/mol. The third-order valence-corrected chi connectivity index (χ3v) is 6.93. The zero-order chi connectivity index (χ0) is 25.1. The Hall–Kier alpha value is -3.77. The molecule has 0 aliphatic heterocycles. The van der Waals surface area contributed by atoms with Crippen molar-refractivity contribution in [1.29, 1.82) is 0 Å². The Balaban J connectivity index is 1.67. The van der Waals surface area contributed by atoms with Gasteiger partial charge in [0.2, 0.25) is 0 Å². The van der Waals surface area contributed by atoms with Crippen LogP contribution < -0.4 is 11.3 Å². The van der Waals surface area contributed by atoms with Crippen LogP contribution in [-0.2, 0) is 6.42 Å². The van der Waals surface area contributed by atoms with Crippen LogP contribution >= 0.6 is 0 Å². The van der Waals surface area contributed by atoms with Crippen LogP contribution in [0.15, 0.2) is 83.8 Å². The van der Waals surface area contributed by atoms with E-state index >= 15 is 0 Å². The number of nitrogens with two attached hydrogens (primary N) is 1. The Labute approximate surface area is 211 Å². The molecular formula is C30H32N4O2. The first-order valence-electron chi connectivity index (χ1n) is 12.7. The molecule has 0 radical (unpaired) electrons. The summed E-state index contributed by atoms with van der Waals surface area (Å²) in [6, 6.07) is 23.0. The molecule has 1 aliphatic rings. The highest BCUT2D eigenvalue weighted by atomic mass is 16.2. The first kappa shape index (κ1) is 23.9. The topological polar surface area (TPSA) is 80.7 Å². The summed E-state index contributed by atoms with van der Waals surface area (Å²) in [4.78, 5) is 34.7. The van der Waals surface area contributed by atoms with Crippen LogP contribution in [0.1, 0.15) is 58.0 Å². The van der Waals surface area contributed by atoms with Gasteiger partial charge in [0, 0.05) is 30.3 Å². The molecule has 4 aromatic rings. The average Bonchev–Trinajstić information content (AvgIpc) is 3.74. The highest BCUT2D eigenvalue weighted by Gasteiger charge is 2.41. The highest BCUT2D eigenvalue weighted by Crippen LogP contribution is 2.45. The first-order chi connectivity index (χ1) is 17.6. The summed E-state index contributed by atoms with van der Waals surface area (Å²) in [5.74, 6) is 0.228. The van der Waals surface area contributed by atoms with Crippen LogP contribution in [0.4, 0.5) is 0 Å². The number of nitrogens with zero attached hydrogens (tertiary/aromatic N) is 3. The van der Waals surface area contributed by atoms with Crippen molar-refractivity contribution in [2.45, 2.75) is 38.6 Å². The zero-order valence-corrected chi connectivity index (χ0v) is 20.6. The Morgan fingerprint density at radius 1 is 1.06 bits per heavy atom. The van der Waals surface area contributed by atoms with E-state index in [4.69, 9.17) is 10.7 Å². The van der Waals surface area contributed by atoms with Gasteiger partial charge in [-0.3, -0.25) is 14.0 Å². The maximum Gasteiger partial charge on any atom is 0.261 e. The lowest BCUT2D eigenvalue weighted by atomic mass is 9.96. The second-order valence-corrected chi connectivity index (χ2v) is 9.66. The molecule has 0 spiro atoms. The molecule has 0 saturated heterocycles. The summed E-state index contributed by atoms with van der Waals surface area (Å²) < 4.78 is 1.61. The second-order valence-electron chi connectivity index (χ2n) is 9.66. The molecular weight excluding hydrogens is 448 g/mol. The van der Waals surface area contributed by atoms with E-state index < -0.39 is 0 Å². The van der Waals surface area contributed by atoms with Crippen LogP contribution in [0, 0.1) is 12.8 Å². The molecule has 0 bridgehead atoms. The lowest BCUT2D eigenvalue weighted by Gasteiger charge is -2.33. The van der Waals surface area contributed by atoms with Crippen molar-refractivity contribution in [2.75, 3.05) is 13.1 Å². The molecule has 2 heterocycles. The molecule has 6 heteroatoms. The molecule has 1 fully saturated rings. The Bertz CT molecular complexity index is 1410. The molecule has 36 heavy (non-hydrogen) atoms. The number of amides is 1. The van der Waals surface area contributed by atoms with Crippen molar-refractivity contribution in [2.24, 2.45) is 11.7 Å². The molecule has 2 aromatic carbocycles. The normalized spacial score (nSPS) is 14.1. The fourth-order valence-corrected chi connectivity index (χ4v) is 4.88. The molecule has 1 unspecified atom stereocenters. The van der Waals surface area contributed by atoms with Gasteiger partial charge < -0.3 is 10.6 Å². The van der Waals surface area contributed by atoms with Crippen molar-refractivity contribution < 1.29 is 4.79 Å². The van der Waals surface area contributed by atoms with Gasteiger partial charge in [-0.25, -0.2) is 4.98 Å². The monoisotopic (exact) mass is 480 g/mol. The minimum absolute atomic E-state index is 0.0407. The van der Waals surface area contributed by atoms with E-state index in [1.807, 2.05) is 84.6 Å². The molecule has 184 valence electrons. The molecule has 1 saturated carbocycles. The predicted octanol–water partition coefficient (Wildman–Crippen LogP) is 4.54. The fraction of sp³-hybridized carbons (Fsp3) is 0.300. The van der Waals surface area contributed by atoms with Gasteiger partial charge in [0.15, 0.2) is 0 Å². The maximum atomic E-state index is 13.9. The largest absolute Gasteiger partial charge is 0.330 e. The maximum absolute atomic E-state index is 13.9. The van der Waals surface area contributed by atoms with Crippen molar-refractivity contribution in [3.8, 4) is 0 Å². The number of carbonyl (C=O) groups excluding carboxylic acids is 1. The number of rotatable bonds is 9. The van der Waals surface area contributed by atoms with Crippen LogP contribution in [0.3, 0.4) is 0 Å². The van der Waals surface area contributed by atoms with Gasteiger partial charge in [-0.2, -0.15) is 0 Å². The van der Waals surface area contributed by atoms with Gasteiger partial charge in [-0.15, -0.1) is 0 Å². The summed E-state index contributed by atoms with van der Waals surface area (Å²) in [5, 5.41) is 0. The number of carbonyl (C=O) groups is 1. The van der Waals surface area contributed by atoms with Crippen molar-refractivity contribution in [3.63, 3.8) is 0 Å². The van der Waals surface area contributed by atoms with Gasteiger partial charge >= 0.3 is 0 Å². The molecule has 1 aliphatic carbocycles. The molecule has 1 atom stereocenters. The summed E-state index contributed by atoms with van der Waals surface area (Å²) in [6.45, 7) is 3.01. The number of aryl methyl sites for hydroxylation is 1. The quantitative estimate of drug-likeness (QED) is 0.382. The minimum Gasteiger partial charge on any atom is -0.330 e. The van der Waals surface area contributed by atoms with Crippen LogP contribution in [0.2, 0.25) is 0 Å². The standard InChI is InChI=1S/C30H32N4O2/c1-21-11-13-24(14-12-21)29(35)34(19-7-17-31)28(23-15-16-23)27-25(20-22-8-3-2-4-9-22)30(36)33-18-6-5-10-26(33)32-27/h2-6,8-14,18,23,28H,7,15-17,19-20,31H2,1H3. The Morgan fingerprint density at radius 3 is 2.47 bits per heavy atom.